The molecule has 0 bridgehead atoms. The number of benzene rings is 2. The average molecular weight is 257 g/mol. The molecule has 2 rings (SSSR count). The van der Waals surface area contributed by atoms with Crippen LogP contribution in [0.15, 0.2) is 48.5 Å². The number of anilines is 1. The van der Waals surface area contributed by atoms with Crippen LogP contribution in [0.2, 0.25) is 0 Å². The van der Waals surface area contributed by atoms with Crippen molar-refractivity contribution < 1.29 is 9.84 Å². The zero-order chi connectivity index (χ0) is 13.7. The molecule has 0 aromatic heterocycles. The van der Waals surface area contributed by atoms with Gasteiger partial charge >= 0.3 is 0 Å². The van der Waals surface area contributed by atoms with Crippen molar-refractivity contribution in [2.75, 3.05) is 12.8 Å². The zero-order valence-electron chi connectivity index (χ0n) is 11.0. The summed E-state index contributed by atoms with van der Waals surface area (Å²) in [4.78, 5) is 0. The molecule has 3 N–H and O–H groups in total. The maximum Gasteiger partial charge on any atom is 0.119 e. The Bertz CT molecular complexity index is 540. The molecule has 100 valence electrons. The number of aliphatic hydroxyl groups excluding tert-OH is 1. The van der Waals surface area contributed by atoms with Crippen LogP contribution in [0, 0.1) is 0 Å². The van der Waals surface area contributed by atoms with Gasteiger partial charge in [-0.05, 0) is 36.6 Å². The van der Waals surface area contributed by atoms with E-state index in [0.29, 0.717) is 12.1 Å². The van der Waals surface area contributed by atoms with E-state index in [4.69, 9.17) is 10.5 Å². The van der Waals surface area contributed by atoms with Gasteiger partial charge < -0.3 is 15.6 Å². The molecule has 3 nitrogen and oxygen atoms in total. The van der Waals surface area contributed by atoms with Gasteiger partial charge in [0.05, 0.1) is 13.2 Å². The van der Waals surface area contributed by atoms with Gasteiger partial charge in [0.2, 0.25) is 0 Å². The van der Waals surface area contributed by atoms with Crippen LogP contribution in [-0.4, -0.2) is 12.2 Å². The van der Waals surface area contributed by atoms with E-state index in [-0.39, 0.29) is 0 Å². The fraction of sp³-hybridized carbons (Fsp3) is 0.250. The molecule has 0 heterocycles. The van der Waals surface area contributed by atoms with E-state index in [1.54, 1.807) is 7.11 Å². The number of hydrogen-bond acceptors (Lipinski definition) is 3. The van der Waals surface area contributed by atoms with Gasteiger partial charge in [-0.15, -0.1) is 0 Å². The summed E-state index contributed by atoms with van der Waals surface area (Å²) in [6, 6.07) is 15.3. The summed E-state index contributed by atoms with van der Waals surface area (Å²) >= 11 is 0. The number of nitrogens with two attached hydrogens (primary N) is 1. The smallest absolute Gasteiger partial charge is 0.119 e. The van der Waals surface area contributed by atoms with Crippen LogP contribution in [0.4, 0.5) is 5.69 Å². The van der Waals surface area contributed by atoms with E-state index >= 15 is 0 Å². The molecular formula is C16H19NO2. The van der Waals surface area contributed by atoms with Crippen LogP contribution in [0.25, 0.3) is 0 Å². The van der Waals surface area contributed by atoms with Crippen molar-refractivity contribution in [2.24, 2.45) is 0 Å². The van der Waals surface area contributed by atoms with E-state index in [1.165, 1.54) is 0 Å². The molecule has 0 amide bonds. The number of ether oxygens (including phenoxy) is 1. The molecule has 1 atom stereocenters. The maximum absolute atomic E-state index is 10.2. The van der Waals surface area contributed by atoms with Crippen molar-refractivity contribution in [3.05, 3.63) is 59.7 Å². The Morgan fingerprint density at radius 3 is 2.68 bits per heavy atom. The number of hydrogen-bond donors (Lipinski definition) is 2. The van der Waals surface area contributed by atoms with E-state index in [0.717, 1.165) is 23.3 Å². The Hall–Kier alpha value is -2.00. The van der Waals surface area contributed by atoms with Gasteiger partial charge in [0, 0.05) is 11.3 Å². The van der Waals surface area contributed by atoms with Crippen molar-refractivity contribution in [1.82, 2.24) is 0 Å². The highest BCUT2D eigenvalue weighted by atomic mass is 16.5. The fourth-order valence-corrected chi connectivity index (χ4v) is 2.10. The highest BCUT2D eigenvalue weighted by Crippen LogP contribution is 2.24. The molecular weight excluding hydrogens is 238 g/mol. The SMILES string of the molecule is COc1cccc(CC[C@@H](O)c2ccccc2N)c1. The summed E-state index contributed by atoms with van der Waals surface area (Å²) in [5.41, 5.74) is 8.44. The van der Waals surface area contributed by atoms with Crippen molar-refractivity contribution in [1.29, 1.82) is 0 Å². The number of rotatable bonds is 5. The summed E-state index contributed by atoms with van der Waals surface area (Å²) < 4.78 is 5.18. The van der Waals surface area contributed by atoms with Gasteiger partial charge in [0.25, 0.3) is 0 Å². The van der Waals surface area contributed by atoms with Crippen molar-refractivity contribution in [3.63, 3.8) is 0 Å². The molecule has 0 aliphatic rings. The highest BCUT2D eigenvalue weighted by molar-refractivity contribution is 5.47. The summed E-state index contributed by atoms with van der Waals surface area (Å²) in [5.74, 6) is 0.839. The van der Waals surface area contributed by atoms with Gasteiger partial charge in [0.1, 0.15) is 5.75 Å². The number of nitrogen functional groups attached to an aromatic ring is 1. The Morgan fingerprint density at radius 1 is 1.16 bits per heavy atom. The second-order valence-corrected chi connectivity index (χ2v) is 4.53. The molecule has 0 unspecified atom stereocenters. The molecule has 3 heteroatoms. The minimum Gasteiger partial charge on any atom is -0.497 e. The van der Waals surface area contributed by atoms with Gasteiger partial charge in [-0.2, -0.15) is 0 Å². The van der Waals surface area contributed by atoms with Gasteiger partial charge in [0.15, 0.2) is 0 Å². The predicted molar refractivity (Wildman–Crippen MR) is 77.1 cm³/mol. The molecule has 0 radical (unpaired) electrons. The van der Waals surface area contributed by atoms with Crippen LogP contribution in [0.3, 0.4) is 0 Å². The van der Waals surface area contributed by atoms with E-state index in [2.05, 4.69) is 0 Å². The Morgan fingerprint density at radius 2 is 1.95 bits per heavy atom. The quantitative estimate of drug-likeness (QED) is 0.810. The highest BCUT2D eigenvalue weighted by Gasteiger charge is 2.10. The summed E-state index contributed by atoms with van der Waals surface area (Å²) in [5, 5.41) is 10.2. The summed E-state index contributed by atoms with van der Waals surface area (Å²) in [6.07, 6.45) is 0.890. The first kappa shape index (κ1) is 13.4. The molecule has 0 saturated heterocycles. The third kappa shape index (κ3) is 3.48. The van der Waals surface area contributed by atoms with Crippen LogP contribution in [-0.2, 0) is 6.42 Å². The zero-order valence-corrected chi connectivity index (χ0v) is 11.0. The first-order valence-electron chi connectivity index (χ1n) is 6.36. The topological polar surface area (TPSA) is 55.5 Å². The van der Waals surface area contributed by atoms with Crippen LogP contribution >= 0.6 is 0 Å². The lowest BCUT2D eigenvalue weighted by Gasteiger charge is -2.13. The minimum atomic E-state index is -0.535. The average Bonchev–Trinajstić information content (AvgIpc) is 2.45. The normalized spacial score (nSPS) is 12.1. The number of para-hydroxylation sites is 1. The minimum absolute atomic E-state index is 0.535. The lowest BCUT2D eigenvalue weighted by atomic mass is 10.00. The third-order valence-corrected chi connectivity index (χ3v) is 3.20. The second-order valence-electron chi connectivity index (χ2n) is 4.53. The van der Waals surface area contributed by atoms with Crippen molar-refractivity contribution >= 4 is 5.69 Å². The second kappa shape index (κ2) is 6.25. The van der Waals surface area contributed by atoms with E-state index < -0.39 is 6.10 Å². The number of methoxy groups -OCH3 is 1. The van der Waals surface area contributed by atoms with Crippen LogP contribution in [0.1, 0.15) is 23.7 Å². The Labute approximate surface area is 113 Å². The lowest BCUT2D eigenvalue weighted by Crippen LogP contribution is -2.03. The van der Waals surface area contributed by atoms with Gasteiger partial charge in [-0.3, -0.25) is 0 Å². The van der Waals surface area contributed by atoms with Crippen molar-refractivity contribution in [2.45, 2.75) is 18.9 Å². The monoisotopic (exact) mass is 257 g/mol. The summed E-state index contributed by atoms with van der Waals surface area (Å²) in [7, 11) is 1.65. The third-order valence-electron chi connectivity index (χ3n) is 3.20. The maximum atomic E-state index is 10.2. The van der Waals surface area contributed by atoms with E-state index in [9.17, 15) is 5.11 Å². The molecule has 0 spiro atoms. The van der Waals surface area contributed by atoms with Crippen LogP contribution in [0.5, 0.6) is 5.75 Å². The first-order chi connectivity index (χ1) is 9.20. The summed E-state index contributed by atoms with van der Waals surface area (Å²) in [6.45, 7) is 0. The number of aryl methyl sites for hydroxylation is 1. The molecule has 0 saturated carbocycles. The molecule has 0 fully saturated rings. The Kier molecular flexibility index (Phi) is 4.42. The van der Waals surface area contributed by atoms with Gasteiger partial charge in [-0.25, -0.2) is 0 Å². The number of aliphatic hydroxyl groups is 1. The molecule has 0 aliphatic heterocycles. The molecule has 19 heavy (non-hydrogen) atoms. The fourth-order valence-electron chi connectivity index (χ4n) is 2.10. The van der Waals surface area contributed by atoms with Gasteiger partial charge in [-0.1, -0.05) is 30.3 Å². The van der Waals surface area contributed by atoms with E-state index in [1.807, 2.05) is 48.5 Å². The predicted octanol–water partition coefficient (Wildman–Crippen LogP) is 2.94. The van der Waals surface area contributed by atoms with Crippen molar-refractivity contribution in [3.8, 4) is 5.75 Å². The largest absolute Gasteiger partial charge is 0.497 e. The lowest BCUT2D eigenvalue weighted by molar-refractivity contribution is 0.168. The standard InChI is InChI=1S/C16H19NO2/c1-19-13-6-4-5-12(11-13)9-10-16(18)14-7-2-3-8-15(14)17/h2-8,11,16,18H,9-10,17H2,1H3/t16-/m1/s1. The Balaban J connectivity index is 2.00. The van der Waals surface area contributed by atoms with Crippen LogP contribution < -0.4 is 10.5 Å². The molecule has 2 aromatic carbocycles. The first-order valence-corrected chi connectivity index (χ1v) is 6.36. The molecule has 0 aliphatic carbocycles. The molecule has 2 aromatic rings.